The molecule has 66 heavy (non-hydrogen) atoms. The summed E-state index contributed by atoms with van der Waals surface area (Å²) < 4.78 is -2.14. The van der Waals surface area contributed by atoms with Crippen molar-refractivity contribution in [2.45, 2.75) is 8.65 Å². The molecule has 2 unspecified atom stereocenters. The van der Waals surface area contributed by atoms with E-state index in [0.29, 0.717) is 19.9 Å². The van der Waals surface area contributed by atoms with Gasteiger partial charge >= 0.3 is 0 Å². The highest BCUT2D eigenvalue weighted by molar-refractivity contribution is 8.29. The number of nitrogens with zero attached hydrogens (tertiary/aromatic N) is 6. The topological polar surface area (TPSA) is 71.8 Å². The molecule has 7 aromatic carbocycles. The molecule has 4 aliphatic heterocycles. The van der Waals surface area contributed by atoms with Crippen LogP contribution < -0.4 is 19.8 Å². The van der Waals surface area contributed by atoms with Gasteiger partial charge in [-0.1, -0.05) is 162 Å². The molecule has 4 heterocycles. The second kappa shape index (κ2) is 17.6. The van der Waals surface area contributed by atoms with E-state index in [-0.39, 0.29) is 11.8 Å². The molecular formula is C52H34Cl2N6O2S4. The summed E-state index contributed by atoms with van der Waals surface area (Å²) in [6.07, 6.45) is 3.83. The number of hydrogen-bond donors (Lipinski definition) is 0. The summed E-state index contributed by atoms with van der Waals surface area (Å²) in [5.41, 5.74) is 6.56. The first kappa shape index (κ1) is 42.5. The van der Waals surface area contributed by atoms with Gasteiger partial charge in [0.2, 0.25) is 8.65 Å². The standard InChI is InChI=1S/C52H34Cl2N6O2S4/c53-39-28-24-35(25-29-39)32-45-49(61)57(41-16-5-1-6-17-41)51(63-45)59(43-20-9-3-10-21-43)55-47(65-51)37-14-13-15-38(34-37)48-56-60(44-22-11-4-12-23-44)52(66-48)58(42-18-7-2-8-19-42)50(62)46(64-52)33-36-26-30-40(54)31-27-36/h1-34H/b45-32-,46-33+. The Morgan fingerprint density at radius 2 is 0.758 bits per heavy atom. The zero-order chi connectivity index (χ0) is 44.8. The smallest absolute Gasteiger partial charge is 0.268 e. The van der Waals surface area contributed by atoms with Crippen LogP contribution in [0.1, 0.15) is 22.3 Å². The van der Waals surface area contributed by atoms with Crippen molar-refractivity contribution in [2.75, 3.05) is 19.8 Å². The van der Waals surface area contributed by atoms with Gasteiger partial charge in [0.25, 0.3) is 11.8 Å². The fourth-order valence-corrected chi connectivity index (χ4v) is 14.2. The van der Waals surface area contributed by atoms with Gasteiger partial charge in [-0.2, -0.15) is 10.2 Å². The van der Waals surface area contributed by atoms with E-state index in [0.717, 1.165) is 55.1 Å². The maximum Gasteiger partial charge on any atom is 0.268 e. The van der Waals surface area contributed by atoms with Gasteiger partial charge in [-0.15, -0.1) is 0 Å². The number of anilines is 4. The third-order valence-electron chi connectivity index (χ3n) is 11.0. The molecule has 11 rings (SSSR count). The van der Waals surface area contributed by atoms with Gasteiger partial charge < -0.3 is 0 Å². The molecule has 4 aliphatic rings. The average molecular weight is 974 g/mol. The van der Waals surface area contributed by atoms with E-state index in [2.05, 4.69) is 6.07 Å². The minimum absolute atomic E-state index is 0.140. The van der Waals surface area contributed by atoms with Crippen molar-refractivity contribution in [1.82, 2.24) is 0 Å². The second-order valence-corrected chi connectivity index (χ2v) is 21.4. The van der Waals surface area contributed by atoms with Crippen LogP contribution in [-0.4, -0.2) is 30.6 Å². The number of thioether (sulfide) groups is 4. The molecule has 0 N–H and O–H groups in total. The normalized spacial score (nSPS) is 21.5. The Morgan fingerprint density at radius 3 is 1.12 bits per heavy atom. The fraction of sp³-hybridized carbons (Fsp3) is 0.0385. The number of hydrogen-bond acceptors (Lipinski definition) is 10. The summed E-state index contributed by atoms with van der Waals surface area (Å²) in [6.45, 7) is 0. The lowest BCUT2D eigenvalue weighted by molar-refractivity contribution is -0.115. The van der Waals surface area contributed by atoms with Crippen molar-refractivity contribution >= 4 is 127 Å². The van der Waals surface area contributed by atoms with Gasteiger partial charge in [-0.05, 0) is 126 Å². The highest BCUT2D eigenvalue weighted by Crippen LogP contribution is 2.61. The molecule has 0 radical (unpaired) electrons. The quantitative estimate of drug-likeness (QED) is 0.140. The highest BCUT2D eigenvalue weighted by atomic mass is 35.5. The number of benzene rings is 7. The molecule has 7 aromatic rings. The Balaban J connectivity index is 1.01. The van der Waals surface area contributed by atoms with E-state index < -0.39 is 8.65 Å². The third kappa shape index (κ3) is 7.71. The number of carbonyl (C=O) groups is 2. The van der Waals surface area contributed by atoms with Crippen LogP contribution in [0.25, 0.3) is 12.2 Å². The van der Waals surface area contributed by atoms with Crippen molar-refractivity contribution in [3.8, 4) is 0 Å². The summed E-state index contributed by atoms with van der Waals surface area (Å²) in [5, 5.41) is 17.3. The first-order valence-electron chi connectivity index (χ1n) is 20.8. The third-order valence-corrected chi connectivity index (χ3v) is 17.0. The van der Waals surface area contributed by atoms with Crippen LogP contribution >= 0.6 is 70.2 Å². The maximum atomic E-state index is 14.8. The van der Waals surface area contributed by atoms with E-state index in [9.17, 15) is 9.59 Å². The summed E-state index contributed by atoms with van der Waals surface area (Å²) in [5.74, 6) is -0.280. The predicted molar refractivity (Wildman–Crippen MR) is 280 cm³/mol. The molecule has 8 nitrogen and oxygen atoms in total. The predicted octanol–water partition coefficient (Wildman–Crippen LogP) is 13.7. The zero-order valence-electron chi connectivity index (χ0n) is 34.5. The number of hydrazone groups is 2. The Kier molecular flexibility index (Phi) is 11.3. The van der Waals surface area contributed by atoms with Crippen LogP contribution in [0.5, 0.6) is 0 Å². The molecule has 0 saturated carbocycles. The van der Waals surface area contributed by atoms with Gasteiger partial charge in [-0.3, -0.25) is 19.4 Å². The molecular weight excluding hydrogens is 940 g/mol. The monoisotopic (exact) mass is 972 g/mol. The maximum absolute atomic E-state index is 14.8. The Labute approximate surface area is 408 Å². The largest absolute Gasteiger partial charge is 0.268 e. The van der Waals surface area contributed by atoms with Crippen LogP contribution in [0.15, 0.2) is 214 Å². The molecule has 0 aromatic heterocycles. The van der Waals surface area contributed by atoms with Crippen LogP contribution in [0.4, 0.5) is 22.7 Å². The average Bonchev–Trinajstić information content (AvgIpc) is 4.08. The fourth-order valence-electron chi connectivity index (χ4n) is 7.95. The lowest BCUT2D eigenvalue weighted by Crippen LogP contribution is -2.51. The van der Waals surface area contributed by atoms with Crippen LogP contribution in [0.2, 0.25) is 10.0 Å². The molecule has 2 amide bonds. The number of carbonyl (C=O) groups excluding carboxylic acids is 2. The van der Waals surface area contributed by atoms with Gasteiger partial charge in [0.15, 0.2) is 0 Å². The van der Waals surface area contributed by atoms with E-state index in [1.807, 2.05) is 220 Å². The van der Waals surface area contributed by atoms with E-state index >= 15 is 0 Å². The Morgan fingerprint density at radius 1 is 0.409 bits per heavy atom. The van der Waals surface area contributed by atoms with Gasteiger partial charge in [-0.25, -0.2) is 10.0 Å². The van der Waals surface area contributed by atoms with Crippen molar-refractivity contribution in [2.24, 2.45) is 10.2 Å². The number of rotatable bonds is 8. The number of para-hydroxylation sites is 4. The summed E-state index contributed by atoms with van der Waals surface area (Å²) >= 11 is 18.5. The van der Waals surface area contributed by atoms with Crippen molar-refractivity contribution in [3.05, 3.63) is 236 Å². The number of halogens is 2. The SMILES string of the molecule is O=C1/C(=C/c2ccc(Cl)cc2)SC2(SC(c3cccc(C4=NN(c5ccccc5)C5(S4)S/C(=C/c4ccc(Cl)cc4)C(=O)N5c4ccccc4)c3)=NN2c2ccccc2)N1c1ccccc1. The zero-order valence-corrected chi connectivity index (χ0v) is 39.3. The second-order valence-electron chi connectivity index (χ2n) is 15.3. The van der Waals surface area contributed by atoms with Crippen LogP contribution in [-0.2, 0) is 9.59 Å². The molecule has 2 spiro atoms. The van der Waals surface area contributed by atoms with E-state index in [1.165, 1.54) is 47.0 Å². The Hall–Kier alpha value is -6.12. The van der Waals surface area contributed by atoms with Gasteiger partial charge in [0, 0.05) is 32.5 Å². The summed E-state index contributed by atoms with van der Waals surface area (Å²) in [7, 11) is 0. The minimum Gasteiger partial charge on any atom is -0.268 e. The lowest BCUT2D eigenvalue weighted by Gasteiger charge is -2.38. The molecule has 322 valence electrons. The lowest BCUT2D eigenvalue weighted by atomic mass is 10.1. The first-order valence-corrected chi connectivity index (χ1v) is 24.8. The molecule has 2 atom stereocenters. The van der Waals surface area contributed by atoms with E-state index in [1.54, 1.807) is 0 Å². The summed E-state index contributed by atoms with van der Waals surface area (Å²) in [6, 6.07) is 62.5. The van der Waals surface area contributed by atoms with Crippen LogP contribution in [0, 0.1) is 0 Å². The molecule has 2 fully saturated rings. The van der Waals surface area contributed by atoms with Gasteiger partial charge in [0.05, 0.1) is 21.2 Å². The highest BCUT2D eigenvalue weighted by Gasteiger charge is 2.61. The molecule has 0 bridgehead atoms. The Bertz CT molecular complexity index is 2920. The molecule has 2 saturated heterocycles. The minimum atomic E-state index is -1.07. The van der Waals surface area contributed by atoms with Gasteiger partial charge in [0.1, 0.15) is 10.1 Å². The van der Waals surface area contributed by atoms with Crippen molar-refractivity contribution in [1.29, 1.82) is 0 Å². The van der Waals surface area contributed by atoms with Crippen molar-refractivity contribution in [3.63, 3.8) is 0 Å². The number of amides is 2. The van der Waals surface area contributed by atoms with Crippen LogP contribution in [0.3, 0.4) is 0 Å². The molecule has 0 aliphatic carbocycles. The summed E-state index contributed by atoms with van der Waals surface area (Å²) in [4.78, 5) is 34.4. The molecule has 14 heteroatoms. The van der Waals surface area contributed by atoms with E-state index in [4.69, 9.17) is 33.4 Å². The van der Waals surface area contributed by atoms with Crippen molar-refractivity contribution < 1.29 is 9.59 Å². The first-order chi connectivity index (χ1) is 32.3.